The van der Waals surface area contributed by atoms with Gasteiger partial charge in [-0.1, -0.05) is 12.2 Å². The molecule has 1 unspecified atom stereocenters. The molecule has 6 nitrogen and oxygen atoms in total. The number of carbonyl (C=O) groups is 2. The number of carbonyl (C=O) groups excluding carboxylic acids is 2. The fourth-order valence-corrected chi connectivity index (χ4v) is 1.80. The highest BCUT2D eigenvalue weighted by atomic mass is 16.6. The normalized spacial score (nSPS) is 19.5. The van der Waals surface area contributed by atoms with Crippen LogP contribution in [0.1, 0.15) is 48.5 Å². The van der Waals surface area contributed by atoms with Gasteiger partial charge in [-0.2, -0.15) is 0 Å². The van der Waals surface area contributed by atoms with E-state index in [1.54, 1.807) is 41.5 Å². The van der Waals surface area contributed by atoms with Crippen molar-refractivity contribution in [1.29, 1.82) is 0 Å². The summed E-state index contributed by atoms with van der Waals surface area (Å²) < 4.78 is 10.7. The van der Waals surface area contributed by atoms with Crippen molar-refractivity contribution in [3.8, 4) is 0 Å². The first-order valence-electron chi connectivity index (χ1n) is 7.10. The molecule has 0 aromatic carbocycles. The SMILES string of the molecule is CC1C=CCN(C(=O)OC(C)(C)C)N1C(=O)OC(C)(C)C. The summed E-state index contributed by atoms with van der Waals surface area (Å²) in [4.78, 5) is 24.6. The summed E-state index contributed by atoms with van der Waals surface area (Å²) in [6.07, 6.45) is 2.55. The van der Waals surface area contributed by atoms with Crippen molar-refractivity contribution in [3.63, 3.8) is 0 Å². The summed E-state index contributed by atoms with van der Waals surface area (Å²) in [6.45, 7) is 12.8. The van der Waals surface area contributed by atoms with Crippen LogP contribution in [0.25, 0.3) is 0 Å². The van der Waals surface area contributed by atoms with Crippen LogP contribution in [-0.2, 0) is 9.47 Å². The van der Waals surface area contributed by atoms with E-state index in [0.717, 1.165) is 0 Å². The zero-order valence-electron chi connectivity index (χ0n) is 14.0. The summed E-state index contributed by atoms with van der Waals surface area (Å²) in [5, 5.41) is 2.56. The Morgan fingerprint density at radius 2 is 1.48 bits per heavy atom. The molecule has 0 radical (unpaired) electrons. The van der Waals surface area contributed by atoms with Crippen molar-refractivity contribution in [2.45, 2.75) is 65.7 Å². The van der Waals surface area contributed by atoms with Crippen LogP contribution in [0.5, 0.6) is 0 Å². The number of hydrogen-bond donors (Lipinski definition) is 0. The standard InChI is InChI=1S/C15H26N2O4/c1-11-9-8-10-16(12(18)20-14(2,3)4)17(11)13(19)21-15(5,6)7/h8-9,11H,10H2,1-7H3. The molecule has 0 aliphatic carbocycles. The molecule has 0 bridgehead atoms. The van der Waals surface area contributed by atoms with Crippen LogP contribution in [0, 0.1) is 0 Å². The summed E-state index contributed by atoms with van der Waals surface area (Å²) in [7, 11) is 0. The largest absolute Gasteiger partial charge is 0.442 e. The molecular weight excluding hydrogens is 272 g/mol. The van der Waals surface area contributed by atoms with Crippen LogP contribution in [0.15, 0.2) is 12.2 Å². The smallest absolute Gasteiger partial charge is 0.430 e. The highest BCUT2D eigenvalue weighted by Crippen LogP contribution is 2.20. The van der Waals surface area contributed by atoms with Crippen molar-refractivity contribution < 1.29 is 19.1 Å². The lowest BCUT2D eigenvalue weighted by Crippen LogP contribution is -2.57. The Kier molecular flexibility index (Phi) is 4.91. The third-order valence-corrected chi connectivity index (χ3v) is 2.52. The molecule has 1 rings (SSSR count). The van der Waals surface area contributed by atoms with Gasteiger partial charge in [-0.15, -0.1) is 0 Å². The fraction of sp³-hybridized carbons (Fsp3) is 0.733. The van der Waals surface area contributed by atoms with Gasteiger partial charge in [0, 0.05) is 0 Å². The monoisotopic (exact) mass is 298 g/mol. The Morgan fingerprint density at radius 1 is 1.00 bits per heavy atom. The molecule has 0 spiro atoms. The van der Waals surface area contributed by atoms with E-state index in [2.05, 4.69) is 0 Å². The average Bonchev–Trinajstić information content (AvgIpc) is 2.23. The number of rotatable bonds is 0. The Labute approximate surface area is 126 Å². The van der Waals surface area contributed by atoms with E-state index in [-0.39, 0.29) is 12.6 Å². The van der Waals surface area contributed by atoms with Gasteiger partial charge in [-0.25, -0.2) is 19.6 Å². The molecule has 6 heteroatoms. The van der Waals surface area contributed by atoms with E-state index in [4.69, 9.17) is 9.47 Å². The maximum atomic E-state index is 12.3. The van der Waals surface area contributed by atoms with Crippen LogP contribution in [0.3, 0.4) is 0 Å². The molecule has 0 saturated heterocycles. The molecule has 0 N–H and O–H groups in total. The minimum absolute atomic E-state index is 0.276. The maximum absolute atomic E-state index is 12.3. The predicted molar refractivity (Wildman–Crippen MR) is 79.6 cm³/mol. The summed E-state index contributed by atoms with van der Waals surface area (Å²) >= 11 is 0. The number of nitrogens with zero attached hydrogens (tertiary/aromatic N) is 2. The van der Waals surface area contributed by atoms with Crippen LogP contribution >= 0.6 is 0 Å². The molecular formula is C15H26N2O4. The highest BCUT2D eigenvalue weighted by Gasteiger charge is 2.36. The van der Waals surface area contributed by atoms with Gasteiger partial charge < -0.3 is 9.47 Å². The molecule has 0 aromatic heterocycles. The van der Waals surface area contributed by atoms with Gasteiger partial charge in [0.15, 0.2) is 0 Å². The first kappa shape index (κ1) is 17.3. The molecule has 1 heterocycles. The zero-order chi connectivity index (χ0) is 16.4. The zero-order valence-corrected chi connectivity index (χ0v) is 14.0. The van der Waals surface area contributed by atoms with E-state index in [1.165, 1.54) is 10.0 Å². The summed E-state index contributed by atoms with van der Waals surface area (Å²) in [5.74, 6) is 0. The van der Waals surface area contributed by atoms with Crippen molar-refractivity contribution in [2.75, 3.05) is 6.54 Å². The fourth-order valence-electron chi connectivity index (χ4n) is 1.80. The summed E-state index contributed by atoms with van der Waals surface area (Å²) in [5.41, 5.74) is -1.25. The first-order valence-corrected chi connectivity index (χ1v) is 7.10. The minimum Gasteiger partial charge on any atom is -0.442 e. The topological polar surface area (TPSA) is 59.1 Å². The highest BCUT2D eigenvalue weighted by molar-refractivity contribution is 5.75. The average molecular weight is 298 g/mol. The number of ether oxygens (including phenoxy) is 2. The number of amides is 2. The van der Waals surface area contributed by atoms with E-state index in [9.17, 15) is 9.59 Å². The molecule has 0 fully saturated rings. The third-order valence-electron chi connectivity index (χ3n) is 2.52. The molecule has 1 atom stereocenters. The van der Waals surface area contributed by atoms with E-state index < -0.39 is 23.4 Å². The van der Waals surface area contributed by atoms with Crippen LogP contribution in [-0.4, -0.2) is 46.0 Å². The Bertz CT molecular complexity index is 432. The van der Waals surface area contributed by atoms with Gasteiger partial charge in [-0.3, -0.25) is 0 Å². The summed E-state index contributed by atoms with van der Waals surface area (Å²) in [6, 6.07) is -0.277. The molecule has 0 saturated carbocycles. The lowest BCUT2D eigenvalue weighted by molar-refractivity contribution is -0.0695. The molecule has 1 aliphatic heterocycles. The van der Waals surface area contributed by atoms with Crippen molar-refractivity contribution in [1.82, 2.24) is 10.0 Å². The molecule has 0 aromatic rings. The van der Waals surface area contributed by atoms with Gasteiger partial charge >= 0.3 is 12.2 Å². The number of hydrazine groups is 1. The van der Waals surface area contributed by atoms with Crippen LogP contribution in [0.4, 0.5) is 9.59 Å². The minimum atomic E-state index is -0.627. The molecule has 21 heavy (non-hydrogen) atoms. The van der Waals surface area contributed by atoms with Gasteiger partial charge in [0.1, 0.15) is 11.2 Å². The molecule has 1 aliphatic rings. The van der Waals surface area contributed by atoms with E-state index >= 15 is 0 Å². The first-order chi connectivity index (χ1) is 9.41. The second-order valence-electron chi connectivity index (χ2n) is 7.06. The maximum Gasteiger partial charge on any atom is 0.430 e. The molecule has 2 amide bonds. The van der Waals surface area contributed by atoms with Crippen molar-refractivity contribution in [3.05, 3.63) is 12.2 Å². The second kappa shape index (κ2) is 5.95. The van der Waals surface area contributed by atoms with Gasteiger partial charge in [0.05, 0.1) is 12.6 Å². The molecule has 120 valence electrons. The van der Waals surface area contributed by atoms with Crippen molar-refractivity contribution in [2.24, 2.45) is 0 Å². The second-order valence-corrected chi connectivity index (χ2v) is 7.06. The Morgan fingerprint density at radius 3 is 1.95 bits per heavy atom. The third kappa shape index (κ3) is 5.28. The number of hydrogen-bond acceptors (Lipinski definition) is 4. The Hall–Kier alpha value is -1.72. The predicted octanol–water partition coefficient (Wildman–Crippen LogP) is 3.33. The van der Waals surface area contributed by atoms with Gasteiger partial charge in [0.2, 0.25) is 0 Å². The van der Waals surface area contributed by atoms with Crippen molar-refractivity contribution >= 4 is 12.2 Å². The van der Waals surface area contributed by atoms with Crippen LogP contribution < -0.4 is 0 Å². The van der Waals surface area contributed by atoms with Gasteiger partial charge in [-0.05, 0) is 48.5 Å². The van der Waals surface area contributed by atoms with E-state index in [1.807, 2.05) is 19.1 Å². The van der Waals surface area contributed by atoms with E-state index in [0.29, 0.717) is 0 Å². The Balaban J connectivity index is 2.93. The lowest BCUT2D eigenvalue weighted by atomic mass is 10.2. The van der Waals surface area contributed by atoms with Gasteiger partial charge in [0.25, 0.3) is 0 Å². The van der Waals surface area contributed by atoms with Crippen LogP contribution in [0.2, 0.25) is 0 Å². The lowest BCUT2D eigenvalue weighted by Gasteiger charge is -2.40. The quantitative estimate of drug-likeness (QED) is 0.644.